The third kappa shape index (κ3) is 4.45. The van der Waals surface area contributed by atoms with Gasteiger partial charge in [0.15, 0.2) is 0 Å². The number of benzene rings is 2. The Kier molecular flexibility index (Phi) is 5.90. The van der Waals surface area contributed by atoms with Crippen molar-refractivity contribution in [1.29, 1.82) is 0 Å². The molecule has 0 radical (unpaired) electrons. The average molecular weight is 458 g/mol. The van der Waals surface area contributed by atoms with Crippen molar-refractivity contribution >= 4 is 11.7 Å². The van der Waals surface area contributed by atoms with E-state index in [2.05, 4.69) is 25.1 Å². The molecule has 0 bridgehead atoms. The van der Waals surface area contributed by atoms with Gasteiger partial charge < -0.3 is 14.5 Å². The Labute approximate surface area is 196 Å². The second-order valence-electron chi connectivity index (χ2n) is 7.95. The molecule has 34 heavy (non-hydrogen) atoms. The summed E-state index contributed by atoms with van der Waals surface area (Å²) in [5, 5.41) is 7.17. The Balaban J connectivity index is 1.24. The highest BCUT2D eigenvalue weighted by molar-refractivity contribution is 5.93. The summed E-state index contributed by atoms with van der Waals surface area (Å²) in [5.41, 5.74) is 3.57. The maximum absolute atomic E-state index is 13.2. The molecule has 2 aromatic heterocycles. The minimum atomic E-state index is -0.285. The van der Waals surface area contributed by atoms with Crippen LogP contribution in [0, 0.1) is 5.82 Å². The van der Waals surface area contributed by atoms with E-state index in [1.165, 1.54) is 18.5 Å². The molecule has 1 amide bonds. The molecule has 9 heteroatoms. The minimum absolute atomic E-state index is 0.0871. The summed E-state index contributed by atoms with van der Waals surface area (Å²) in [7, 11) is 1.61. The second kappa shape index (κ2) is 9.30. The Bertz CT molecular complexity index is 1300. The van der Waals surface area contributed by atoms with Gasteiger partial charge in [-0.3, -0.25) is 9.89 Å². The van der Waals surface area contributed by atoms with Gasteiger partial charge in [0, 0.05) is 43.4 Å². The van der Waals surface area contributed by atoms with E-state index in [9.17, 15) is 9.18 Å². The zero-order valence-electron chi connectivity index (χ0n) is 18.6. The van der Waals surface area contributed by atoms with Gasteiger partial charge in [-0.05, 0) is 42.5 Å². The highest BCUT2D eigenvalue weighted by Gasteiger charge is 2.24. The largest absolute Gasteiger partial charge is 0.497 e. The van der Waals surface area contributed by atoms with Crippen molar-refractivity contribution in [2.24, 2.45) is 0 Å². The number of piperazine rings is 1. The lowest BCUT2D eigenvalue weighted by molar-refractivity contribution is 0.0740. The van der Waals surface area contributed by atoms with E-state index in [1.54, 1.807) is 30.2 Å². The van der Waals surface area contributed by atoms with Crippen LogP contribution in [-0.4, -0.2) is 64.3 Å². The third-order valence-electron chi connectivity index (χ3n) is 5.86. The molecule has 1 fully saturated rings. The van der Waals surface area contributed by atoms with Crippen LogP contribution in [0.4, 0.5) is 10.2 Å². The number of nitrogens with one attached hydrogen (secondary N) is 1. The Morgan fingerprint density at radius 1 is 0.941 bits per heavy atom. The van der Waals surface area contributed by atoms with Gasteiger partial charge in [0.05, 0.1) is 18.5 Å². The molecule has 1 aliphatic rings. The van der Waals surface area contributed by atoms with Gasteiger partial charge in [-0.25, -0.2) is 14.4 Å². The third-order valence-corrected chi connectivity index (χ3v) is 5.86. The summed E-state index contributed by atoms with van der Waals surface area (Å²) in [5.74, 6) is 1.14. The number of rotatable bonds is 5. The topological polar surface area (TPSA) is 87.2 Å². The van der Waals surface area contributed by atoms with E-state index < -0.39 is 0 Å². The number of nitrogens with zero attached hydrogens (tertiary/aromatic N) is 5. The Morgan fingerprint density at radius 3 is 2.50 bits per heavy atom. The summed E-state index contributed by atoms with van der Waals surface area (Å²) in [6.07, 6.45) is 1.51. The van der Waals surface area contributed by atoms with Crippen LogP contribution in [0.3, 0.4) is 0 Å². The van der Waals surface area contributed by atoms with Gasteiger partial charge in [-0.2, -0.15) is 5.10 Å². The molecule has 8 nitrogen and oxygen atoms in total. The molecule has 3 heterocycles. The number of H-pyrrole nitrogens is 1. The number of anilines is 1. The SMILES string of the molecule is COc1cccc(-c2cc(C(=O)N3CCN(c4cc(-c5ccc(F)cc5)ncn4)CC3)[nH]n2)c1. The smallest absolute Gasteiger partial charge is 0.272 e. The first-order valence-electron chi connectivity index (χ1n) is 10.9. The number of halogens is 1. The highest BCUT2D eigenvalue weighted by Crippen LogP contribution is 2.24. The van der Waals surface area contributed by atoms with Gasteiger partial charge in [-0.1, -0.05) is 12.1 Å². The Hall–Kier alpha value is -4.27. The maximum atomic E-state index is 13.2. The van der Waals surface area contributed by atoms with Crippen LogP contribution < -0.4 is 9.64 Å². The number of amides is 1. The first-order chi connectivity index (χ1) is 16.6. The molecule has 0 saturated carbocycles. The average Bonchev–Trinajstić information content (AvgIpc) is 3.39. The molecule has 0 spiro atoms. The molecule has 172 valence electrons. The van der Waals surface area contributed by atoms with Crippen LogP contribution in [0.2, 0.25) is 0 Å². The van der Waals surface area contributed by atoms with Crippen molar-refractivity contribution in [1.82, 2.24) is 25.1 Å². The molecule has 1 saturated heterocycles. The van der Waals surface area contributed by atoms with Gasteiger partial charge in [0.25, 0.3) is 5.91 Å². The van der Waals surface area contributed by atoms with Crippen LogP contribution in [0.5, 0.6) is 5.75 Å². The monoisotopic (exact) mass is 458 g/mol. The summed E-state index contributed by atoms with van der Waals surface area (Å²) in [6, 6.07) is 17.4. The first kappa shape index (κ1) is 21.6. The van der Waals surface area contributed by atoms with E-state index in [0.29, 0.717) is 37.6 Å². The first-order valence-corrected chi connectivity index (χ1v) is 10.9. The van der Waals surface area contributed by atoms with Gasteiger partial charge >= 0.3 is 0 Å². The van der Waals surface area contributed by atoms with Crippen molar-refractivity contribution in [3.8, 4) is 28.3 Å². The van der Waals surface area contributed by atoms with Crippen LogP contribution in [0.25, 0.3) is 22.5 Å². The molecule has 0 aliphatic carbocycles. The fraction of sp³-hybridized carbons (Fsp3) is 0.200. The van der Waals surface area contributed by atoms with E-state index in [1.807, 2.05) is 30.3 Å². The molecule has 0 atom stereocenters. The number of hydrogen-bond donors (Lipinski definition) is 1. The second-order valence-corrected chi connectivity index (χ2v) is 7.95. The quantitative estimate of drug-likeness (QED) is 0.491. The molecule has 4 aromatic rings. The number of carbonyl (C=O) groups is 1. The summed E-state index contributed by atoms with van der Waals surface area (Å²) in [4.78, 5) is 25.7. The van der Waals surface area contributed by atoms with Crippen molar-refractivity contribution in [3.05, 3.63) is 78.5 Å². The van der Waals surface area contributed by atoms with E-state index in [0.717, 1.165) is 28.4 Å². The summed E-state index contributed by atoms with van der Waals surface area (Å²) in [6.45, 7) is 2.40. The van der Waals surface area contributed by atoms with Crippen LogP contribution in [0.1, 0.15) is 10.5 Å². The highest BCUT2D eigenvalue weighted by atomic mass is 19.1. The number of aromatic nitrogens is 4. The number of hydrogen-bond acceptors (Lipinski definition) is 6. The van der Waals surface area contributed by atoms with Gasteiger partial charge in [0.1, 0.15) is 29.4 Å². The Morgan fingerprint density at radius 2 is 1.74 bits per heavy atom. The minimum Gasteiger partial charge on any atom is -0.497 e. The molecule has 2 aromatic carbocycles. The van der Waals surface area contributed by atoms with E-state index >= 15 is 0 Å². The lowest BCUT2D eigenvalue weighted by atomic mass is 10.1. The van der Waals surface area contributed by atoms with Gasteiger partial charge in [0.2, 0.25) is 0 Å². The van der Waals surface area contributed by atoms with Crippen LogP contribution in [-0.2, 0) is 0 Å². The number of ether oxygens (including phenoxy) is 1. The predicted octanol–water partition coefficient (Wildman–Crippen LogP) is 3.64. The van der Waals surface area contributed by atoms with E-state index in [-0.39, 0.29) is 11.7 Å². The number of carbonyl (C=O) groups excluding carboxylic acids is 1. The van der Waals surface area contributed by atoms with Crippen molar-refractivity contribution < 1.29 is 13.9 Å². The van der Waals surface area contributed by atoms with Gasteiger partial charge in [-0.15, -0.1) is 0 Å². The zero-order valence-corrected chi connectivity index (χ0v) is 18.6. The van der Waals surface area contributed by atoms with E-state index in [4.69, 9.17) is 4.74 Å². The molecular weight excluding hydrogens is 435 g/mol. The molecule has 1 aliphatic heterocycles. The molecular formula is C25H23FN6O2. The fourth-order valence-electron chi connectivity index (χ4n) is 3.97. The lowest BCUT2D eigenvalue weighted by Gasteiger charge is -2.35. The molecule has 1 N–H and O–H groups in total. The lowest BCUT2D eigenvalue weighted by Crippen LogP contribution is -2.49. The zero-order chi connectivity index (χ0) is 23.5. The van der Waals surface area contributed by atoms with Crippen molar-refractivity contribution in [3.63, 3.8) is 0 Å². The van der Waals surface area contributed by atoms with Crippen molar-refractivity contribution in [2.75, 3.05) is 38.2 Å². The number of aromatic amines is 1. The number of methoxy groups -OCH3 is 1. The molecule has 0 unspecified atom stereocenters. The fourth-order valence-corrected chi connectivity index (χ4v) is 3.97. The summed E-state index contributed by atoms with van der Waals surface area (Å²) < 4.78 is 18.5. The van der Waals surface area contributed by atoms with Crippen molar-refractivity contribution in [2.45, 2.75) is 0 Å². The normalized spacial score (nSPS) is 13.7. The standard InChI is InChI=1S/C25H23FN6O2/c1-34-20-4-2-3-18(13-20)22-14-23(30-29-22)25(33)32-11-9-31(10-12-32)24-15-21(27-16-28-24)17-5-7-19(26)8-6-17/h2-8,13-16H,9-12H2,1H3,(H,29,30). The molecule has 5 rings (SSSR count). The van der Waals surface area contributed by atoms with Crippen LogP contribution >= 0.6 is 0 Å². The van der Waals surface area contributed by atoms with Crippen LogP contribution in [0.15, 0.2) is 67.0 Å². The maximum Gasteiger partial charge on any atom is 0.272 e. The predicted molar refractivity (Wildman–Crippen MR) is 126 cm³/mol. The summed E-state index contributed by atoms with van der Waals surface area (Å²) >= 11 is 0.